The zero-order chi connectivity index (χ0) is 40.3. The van der Waals surface area contributed by atoms with Crippen molar-refractivity contribution in [1.82, 2.24) is 4.57 Å². The zero-order valence-corrected chi connectivity index (χ0v) is 34.5. The number of aromatic nitrogens is 1. The molecule has 2 aliphatic carbocycles. The lowest BCUT2D eigenvalue weighted by molar-refractivity contribution is 0.659. The van der Waals surface area contributed by atoms with Crippen molar-refractivity contribution >= 4 is 32.6 Å². The monoisotopic (exact) mass is 767 g/mol. The molecule has 0 spiro atoms. The Labute approximate surface area is 352 Å². The minimum absolute atomic E-state index is 0.0226. The van der Waals surface area contributed by atoms with Crippen molar-refractivity contribution < 1.29 is 0 Å². The Morgan fingerprint density at radius 3 is 1.47 bits per heavy atom. The predicted octanol–water partition coefficient (Wildman–Crippen LogP) is 15.4. The maximum Gasteiger partial charge on any atom is 0.0541 e. The maximum atomic E-state index is 2.50. The molecule has 12 rings (SSSR count). The van der Waals surface area contributed by atoms with Gasteiger partial charge in [0.05, 0.1) is 11.0 Å². The molecule has 60 heavy (non-hydrogen) atoms. The fourth-order valence-electron chi connectivity index (χ4n) is 11.3. The molecule has 0 fully saturated rings. The minimum Gasteiger partial charge on any atom is -0.309 e. The van der Waals surface area contributed by atoms with E-state index in [0.717, 1.165) is 0 Å². The van der Waals surface area contributed by atoms with Gasteiger partial charge in [-0.15, -0.1) is 0 Å². The molecular weight excluding hydrogens is 723 g/mol. The SMILES string of the molecule is CC1(C)c2ccccc2-c2c(C(c3cccc(-c4cc(-n5c6ccccc6c6ccccc65)cc5ccccc45)c3)c3cccc4c3-c3ccccc3C4(C)C)cccc21. The van der Waals surface area contributed by atoms with E-state index in [1.54, 1.807) is 0 Å². The molecule has 0 radical (unpaired) electrons. The first kappa shape index (κ1) is 35.0. The lowest BCUT2D eigenvalue weighted by atomic mass is 9.76. The molecule has 0 unspecified atom stereocenters. The van der Waals surface area contributed by atoms with Crippen molar-refractivity contribution in [2.75, 3.05) is 0 Å². The van der Waals surface area contributed by atoms with Gasteiger partial charge < -0.3 is 4.57 Å². The van der Waals surface area contributed by atoms with Crippen LogP contribution in [0.1, 0.15) is 72.6 Å². The summed E-state index contributed by atoms with van der Waals surface area (Å²) in [6, 6.07) is 73.2. The second-order valence-corrected chi connectivity index (χ2v) is 18.0. The third-order valence-corrected chi connectivity index (χ3v) is 14.1. The van der Waals surface area contributed by atoms with Gasteiger partial charge in [-0.2, -0.15) is 0 Å². The molecule has 1 heteroatoms. The molecule has 0 N–H and O–H groups in total. The quantitative estimate of drug-likeness (QED) is 0.154. The van der Waals surface area contributed by atoms with Crippen LogP contribution in [0, 0.1) is 0 Å². The first-order chi connectivity index (χ1) is 29.3. The van der Waals surface area contributed by atoms with Gasteiger partial charge in [-0.25, -0.2) is 0 Å². The third kappa shape index (κ3) is 4.87. The molecule has 9 aromatic carbocycles. The van der Waals surface area contributed by atoms with Gasteiger partial charge in [0.25, 0.3) is 0 Å². The highest BCUT2D eigenvalue weighted by Crippen LogP contribution is 2.56. The largest absolute Gasteiger partial charge is 0.309 e. The fraction of sp³-hybridized carbons (Fsp3) is 0.119. The van der Waals surface area contributed by atoms with Crippen LogP contribution in [-0.2, 0) is 10.8 Å². The van der Waals surface area contributed by atoms with Gasteiger partial charge in [-0.05, 0) is 107 Å². The van der Waals surface area contributed by atoms with Crippen molar-refractivity contribution in [2.24, 2.45) is 0 Å². The summed E-state index contributed by atoms with van der Waals surface area (Å²) in [6.07, 6.45) is 0. The van der Waals surface area contributed by atoms with E-state index in [9.17, 15) is 0 Å². The smallest absolute Gasteiger partial charge is 0.0541 e. The molecule has 1 aromatic heterocycles. The highest BCUT2D eigenvalue weighted by Gasteiger charge is 2.41. The average molecular weight is 768 g/mol. The van der Waals surface area contributed by atoms with Crippen molar-refractivity contribution in [3.8, 4) is 39.1 Å². The van der Waals surface area contributed by atoms with E-state index in [-0.39, 0.29) is 16.7 Å². The highest BCUT2D eigenvalue weighted by atomic mass is 15.0. The number of benzene rings is 9. The summed E-state index contributed by atoms with van der Waals surface area (Å²) in [5.41, 5.74) is 21.0. The Morgan fingerprint density at radius 2 is 0.867 bits per heavy atom. The summed E-state index contributed by atoms with van der Waals surface area (Å²) < 4.78 is 2.45. The van der Waals surface area contributed by atoms with Gasteiger partial charge >= 0.3 is 0 Å². The predicted molar refractivity (Wildman–Crippen MR) is 253 cm³/mol. The van der Waals surface area contributed by atoms with Crippen molar-refractivity contribution in [2.45, 2.75) is 44.4 Å². The van der Waals surface area contributed by atoms with E-state index in [0.29, 0.717) is 0 Å². The van der Waals surface area contributed by atoms with Crippen LogP contribution >= 0.6 is 0 Å². The average Bonchev–Trinajstić information content (AvgIpc) is 3.84. The number of fused-ring (bicyclic) bond motifs is 10. The number of nitrogens with zero attached hydrogens (tertiary/aromatic N) is 1. The Balaban J connectivity index is 1.13. The molecule has 10 aromatic rings. The molecule has 0 bridgehead atoms. The van der Waals surface area contributed by atoms with Gasteiger partial charge in [0.1, 0.15) is 0 Å². The lowest BCUT2D eigenvalue weighted by Gasteiger charge is -2.27. The van der Waals surface area contributed by atoms with Crippen LogP contribution < -0.4 is 0 Å². The third-order valence-electron chi connectivity index (χ3n) is 14.1. The molecule has 1 heterocycles. The summed E-state index contributed by atoms with van der Waals surface area (Å²) in [5.74, 6) is -0.0226. The molecule has 0 amide bonds. The fourth-order valence-corrected chi connectivity index (χ4v) is 11.3. The maximum absolute atomic E-state index is 2.50. The van der Waals surface area contributed by atoms with E-state index < -0.39 is 0 Å². The topological polar surface area (TPSA) is 4.93 Å². The van der Waals surface area contributed by atoms with Crippen LogP contribution in [0.2, 0.25) is 0 Å². The van der Waals surface area contributed by atoms with Gasteiger partial charge in [-0.1, -0.05) is 198 Å². The van der Waals surface area contributed by atoms with E-state index in [1.807, 2.05) is 0 Å². The van der Waals surface area contributed by atoms with Crippen LogP contribution in [0.5, 0.6) is 0 Å². The summed E-state index contributed by atoms with van der Waals surface area (Å²) >= 11 is 0. The molecule has 0 saturated carbocycles. The molecule has 0 atom stereocenters. The number of hydrogen-bond acceptors (Lipinski definition) is 0. The molecular formula is C59H45N. The normalized spacial score (nSPS) is 14.4. The Kier molecular flexibility index (Phi) is 7.45. The van der Waals surface area contributed by atoms with E-state index in [4.69, 9.17) is 0 Å². The van der Waals surface area contributed by atoms with Gasteiger partial charge in [0.15, 0.2) is 0 Å². The van der Waals surface area contributed by atoms with Gasteiger partial charge in [-0.3, -0.25) is 0 Å². The van der Waals surface area contributed by atoms with E-state index >= 15 is 0 Å². The first-order valence-corrected chi connectivity index (χ1v) is 21.4. The van der Waals surface area contributed by atoms with Gasteiger partial charge in [0, 0.05) is 33.2 Å². The lowest BCUT2D eigenvalue weighted by Crippen LogP contribution is -2.16. The van der Waals surface area contributed by atoms with Gasteiger partial charge in [0.2, 0.25) is 0 Å². The highest BCUT2D eigenvalue weighted by molar-refractivity contribution is 6.10. The van der Waals surface area contributed by atoms with Crippen LogP contribution in [0.15, 0.2) is 194 Å². The molecule has 286 valence electrons. The summed E-state index contributed by atoms with van der Waals surface area (Å²) in [7, 11) is 0. The van der Waals surface area contributed by atoms with Crippen molar-refractivity contribution in [3.05, 3.63) is 233 Å². The summed E-state index contributed by atoms with van der Waals surface area (Å²) in [4.78, 5) is 0. The molecule has 2 aliphatic rings. The number of hydrogen-bond donors (Lipinski definition) is 0. The van der Waals surface area contributed by atoms with Crippen LogP contribution in [0.25, 0.3) is 71.6 Å². The van der Waals surface area contributed by atoms with Crippen molar-refractivity contribution in [1.29, 1.82) is 0 Å². The summed E-state index contributed by atoms with van der Waals surface area (Å²) in [5, 5.41) is 5.03. The van der Waals surface area contributed by atoms with E-state index in [1.165, 1.54) is 111 Å². The Hall–Kier alpha value is -6.96. The van der Waals surface area contributed by atoms with Crippen molar-refractivity contribution in [3.63, 3.8) is 0 Å². The molecule has 0 saturated heterocycles. The summed E-state index contributed by atoms with van der Waals surface area (Å²) in [6.45, 7) is 9.58. The van der Waals surface area contributed by atoms with E-state index in [2.05, 4.69) is 226 Å². The Bertz CT molecular complexity index is 3230. The Morgan fingerprint density at radius 1 is 0.383 bits per heavy atom. The van der Waals surface area contributed by atoms with Crippen LogP contribution in [0.3, 0.4) is 0 Å². The molecule has 0 aliphatic heterocycles. The second-order valence-electron chi connectivity index (χ2n) is 18.0. The van der Waals surface area contributed by atoms with Crippen LogP contribution in [-0.4, -0.2) is 4.57 Å². The minimum atomic E-state index is -0.103. The first-order valence-electron chi connectivity index (χ1n) is 21.4. The zero-order valence-electron chi connectivity index (χ0n) is 34.5. The standard InChI is InChI=1S/C59H45N/c1-58(2)49-28-11-7-24-44(49)56-46(26-16-30-51(56)58)55(47-27-17-31-52-57(47)45-25-8-12-29-50(45)59(52,3)4)39-20-15-19-37(34-39)48-36-40(35-38-18-5-6-21-41(38)48)60-53-32-13-9-22-42(53)43-23-10-14-33-54(43)60/h5-36,55H,1-4H3. The molecule has 1 nitrogen and oxygen atoms in total. The number of rotatable bonds is 5. The second kappa shape index (κ2) is 12.8. The van der Waals surface area contributed by atoms with Crippen LogP contribution in [0.4, 0.5) is 0 Å². The number of para-hydroxylation sites is 2.